The highest BCUT2D eigenvalue weighted by Gasteiger charge is 2.29. The highest BCUT2D eigenvalue weighted by molar-refractivity contribution is 5.85. The van der Waals surface area contributed by atoms with Gasteiger partial charge in [0.2, 0.25) is 0 Å². The van der Waals surface area contributed by atoms with Crippen molar-refractivity contribution < 1.29 is 9.90 Å². The number of likely N-dealkylation sites (tertiary alicyclic amines) is 1. The summed E-state index contributed by atoms with van der Waals surface area (Å²) < 4.78 is 0. The molecule has 2 aliphatic heterocycles. The Kier molecular flexibility index (Phi) is 4.62. The van der Waals surface area contributed by atoms with E-state index in [0.717, 1.165) is 30.7 Å². The minimum absolute atomic E-state index is 0.134. The van der Waals surface area contributed by atoms with E-state index in [2.05, 4.69) is 21.8 Å². The third-order valence-corrected chi connectivity index (χ3v) is 5.25. The van der Waals surface area contributed by atoms with Crippen LogP contribution in [0.3, 0.4) is 0 Å². The molecule has 0 saturated carbocycles. The van der Waals surface area contributed by atoms with Gasteiger partial charge in [0, 0.05) is 13.1 Å². The lowest BCUT2D eigenvalue weighted by molar-refractivity contribution is 0.0690. The maximum absolute atomic E-state index is 11.0. The lowest BCUT2D eigenvalue weighted by atomic mass is 9.79. The van der Waals surface area contributed by atoms with E-state index in [9.17, 15) is 4.79 Å². The number of aromatic nitrogens is 1. The van der Waals surface area contributed by atoms with Gasteiger partial charge in [-0.25, -0.2) is 9.78 Å². The number of nitrogens with zero attached hydrogens (tertiary/aromatic N) is 3. The molecule has 22 heavy (non-hydrogen) atoms. The predicted octanol–water partition coefficient (Wildman–Crippen LogP) is 2.34. The highest BCUT2D eigenvalue weighted by atomic mass is 16.4. The number of carboxylic acids is 1. The van der Waals surface area contributed by atoms with Gasteiger partial charge >= 0.3 is 5.97 Å². The summed E-state index contributed by atoms with van der Waals surface area (Å²) in [5, 5.41) is 9.06. The van der Waals surface area contributed by atoms with Gasteiger partial charge in [-0.3, -0.25) is 0 Å². The van der Waals surface area contributed by atoms with Gasteiger partial charge in [-0.1, -0.05) is 6.07 Å². The maximum atomic E-state index is 11.0. The van der Waals surface area contributed by atoms with E-state index >= 15 is 0 Å². The molecule has 1 aromatic rings. The molecule has 0 amide bonds. The smallest absolute Gasteiger partial charge is 0.354 e. The van der Waals surface area contributed by atoms with E-state index in [1.165, 1.54) is 38.8 Å². The van der Waals surface area contributed by atoms with Crippen molar-refractivity contribution in [2.24, 2.45) is 11.8 Å². The van der Waals surface area contributed by atoms with Crippen LogP contribution in [-0.2, 0) is 0 Å². The molecule has 0 aliphatic carbocycles. The molecule has 3 rings (SSSR count). The van der Waals surface area contributed by atoms with Gasteiger partial charge in [0.15, 0.2) is 5.69 Å². The Hall–Kier alpha value is -1.62. The molecular formula is C17H25N3O2. The fourth-order valence-corrected chi connectivity index (χ4v) is 3.82. The van der Waals surface area contributed by atoms with Crippen molar-refractivity contribution in [3.05, 3.63) is 23.9 Å². The molecule has 2 saturated heterocycles. The first-order chi connectivity index (χ1) is 10.6. The Morgan fingerprint density at radius 2 is 1.68 bits per heavy atom. The lowest BCUT2D eigenvalue weighted by Gasteiger charge is -2.39. The Balaban J connectivity index is 1.57. The molecule has 5 nitrogen and oxygen atoms in total. The molecule has 2 aliphatic rings. The number of carbonyl (C=O) groups is 1. The number of pyridine rings is 1. The Morgan fingerprint density at radius 1 is 1.09 bits per heavy atom. The molecule has 1 N–H and O–H groups in total. The summed E-state index contributed by atoms with van der Waals surface area (Å²) in [4.78, 5) is 20.0. The summed E-state index contributed by atoms with van der Waals surface area (Å²) >= 11 is 0. The minimum Gasteiger partial charge on any atom is -0.477 e. The van der Waals surface area contributed by atoms with E-state index < -0.39 is 5.97 Å². The van der Waals surface area contributed by atoms with Gasteiger partial charge in [-0.05, 0) is 69.8 Å². The summed E-state index contributed by atoms with van der Waals surface area (Å²) in [6, 6.07) is 5.26. The van der Waals surface area contributed by atoms with Crippen LogP contribution in [0, 0.1) is 11.8 Å². The maximum Gasteiger partial charge on any atom is 0.354 e. The molecule has 0 atom stereocenters. The molecule has 0 bridgehead atoms. The van der Waals surface area contributed by atoms with Crippen molar-refractivity contribution in [1.29, 1.82) is 0 Å². The molecule has 0 radical (unpaired) electrons. The van der Waals surface area contributed by atoms with Crippen LogP contribution in [0.15, 0.2) is 18.2 Å². The predicted molar refractivity (Wildman–Crippen MR) is 86.4 cm³/mol. The second kappa shape index (κ2) is 6.65. The van der Waals surface area contributed by atoms with Crippen molar-refractivity contribution >= 4 is 11.8 Å². The zero-order valence-electron chi connectivity index (χ0n) is 13.2. The van der Waals surface area contributed by atoms with E-state index in [-0.39, 0.29) is 5.69 Å². The third kappa shape index (κ3) is 3.40. The van der Waals surface area contributed by atoms with Crippen LogP contribution in [0.25, 0.3) is 0 Å². The summed E-state index contributed by atoms with van der Waals surface area (Å²) in [7, 11) is 2.21. The number of anilines is 1. The number of hydrogen-bond acceptors (Lipinski definition) is 4. The molecule has 0 unspecified atom stereocenters. The third-order valence-electron chi connectivity index (χ3n) is 5.25. The topological polar surface area (TPSA) is 56.7 Å². The van der Waals surface area contributed by atoms with Crippen LogP contribution in [0.2, 0.25) is 0 Å². The van der Waals surface area contributed by atoms with Crippen molar-refractivity contribution in [3.8, 4) is 0 Å². The molecule has 3 heterocycles. The van der Waals surface area contributed by atoms with Gasteiger partial charge < -0.3 is 14.9 Å². The molecule has 5 heteroatoms. The first kappa shape index (κ1) is 15.3. The largest absolute Gasteiger partial charge is 0.477 e. The highest BCUT2D eigenvalue weighted by Crippen LogP contribution is 2.33. The number of aromatic carboxylic acids is 1. The van der Waals surface area contributed by atoms with Crippen LogP contribution < -0.4 is 4.90 Å². The average Bonchev–Trinajstić information content (AvgIpc) is 2.56. The fourth-order valence-electron chi connectivity index (χ4n) is 3.82. The molecule has 0 aromatic carbocycles. The number of rotatable bonds is 3. The zero-order valence-corrected chi connectivity index (χ0v) is 13.2. The van der Waals surface area contributed by atoms with Crippen LogP contribution in [0.1, 0.15) is 36.2 Å². The van der Waals surface area contributed by atoms with Crippen molar-refractivity contribution in [1.82, 2.24) is 9.88 Å². The summed E-state index contributed by atoms with van der Waals surface area (Å²) in [6.45, 7) is 4.44. The molecule has 1 aromatic heterocycles. The van der Waals surface area contributed by atoms with E-state index in [1.807, 2.05) is 6.07 Å². The number of piperidine rings is 2. The number of hydrogen-bond donors (Lipinski definition) is 1. The lowest BCUT2D eigenvalue weighted by Crippen LogP contribution is -2.40. The van der Waals surface area contributed by atoms with Crippen LogP contribution in [-0.4, -0.2) is 54.2 Å². The minimum atomic E-state index is -0.955. The Labute approximate surface area is 131 Å². The Bertz CT molecular complexity index is 518. The van der Waals surface area contributed by atoms with Gasteiger partial charge in [0.05, 0.1) is 0 Å². The molecule has 2 fully saturated rings. The summed E-state index contributed by atoms with van der Waals surface area (Å²) in [5.41, 5.74) is 0.134. The van der Waals surface area contributed by atoms with Gasteiger partial charge in [-0.2, -0.15) is 0 Å². The van der Waals surface area contributed by atoms with Gasteiger partial charge in [0.25, 0.3) is 0 Å². The molecule has 0 spiro atoms. The van der Waals surface area contributed by atoms with Crippen LogP contribution >= 0.6 is 0 Å². The normalized spacial score (nSPS) is 22.0. The Morgan fingerprint density at radius 3 is 2.27 bits per heavy atom. The second-order valence-electron chi connectivity index (χ2n) is 6.65. The number of carboxylic acid groups (broad SMARTS) is 1. The van der Waals surface area contributed by atoms with Crippen LogP contribution in [0.5, 0.6) is 0 Å². The van der Waals surface area contributed by atoms with E-state index in [4.69, 9.17) is 5.11 Å². The summed E-state index contributed by atoms with van der Waals surface area (Å²) in [6.07, 6.45) is 5.06. The first-order valence-electron chi connectivity index (χ1n) is 8.27. The van der Waals surface area contributed by atoms with Crippen molar-refractivity contribution in [3.63, 3.8) is 0 Å². The van der Waals surface area contributed by atoms with Crippen molar-refractivity contribution in [2.75, 3.05) is 38.1 Å². The van der Waals surface area contributed by atoms with Crippen LogP contribution in [0.4, 0.5) is 5.82 Å². The average molecular weight is 303 g/mol. The van der Waals surface area contributed by atoms with Crippen molar-refractivity contribution in [2.45, 2.75) is 25.7 Å². The fraction of sp³-hybridized carbons (Fsp3) is 0.647. The van der Waals surface area contributed by atoms with Gasteiger partial charge in [-0.15, -0.1) is 0 Å². The summed E-state index contributed by atoms with van der Waals surface area (Å²) in [5.74, 6) is 1.55. The standard InChI is InChI=1S/C17H25N3O2/c1-19-9-5-13(6-10-19)14-7-11-20(12-8-14)16-4-2-3-15(18-16)17(21)22/h2-4,13-14H,5-12H2,1H3,(H,21,22). The molecule has 120 valence electrons. The molecular weight excluding hydrogens is 278 g/mol. The SMILES string of the molecule is CN1CCC(C2CCN(c3cccc(C(=O)O)n3)CC2)CC1. The monoisotopic (exact) mass is 303 g/mol. The zero-order chi connectivity index (χ0) is 15.5. The van der Waals surface area contributed by atoms with Gasteiger partial charge in [0.1, 0.15) is 5.82 Å². The first-order valence-corrected chi connectivity index (χ1v) is 8.27. The van der Waals surface area contributed by atoms with E-state index in [0.29, 0.717) is 0 Å². The van der Waals surface area contributed by atoms with E-state index in [1.54, 1.807) is 12.1 Å². The quantitative estimate of drug-likeness (QED) is 0.929. The second-order valence-corrected chi connectivity index (χ2v) is 6.65.